The van der Waals surface area contributed by atoms with Crippen molar-refractivity contribution in [3.05, 3.63) is 17.7 Å². The summed E-state index contributed by atoms with van der Waals surface area (Å²) in [5.74, 6) is 1.75. The number of rotatable bonds is 5. The molecule has 0 saturated heterocycles. The van der Waals surface area contributed by atoms with Gasteiger partial charge in [0.2, 0.25) is 11.8 Å². The van der Waals surface area contributed by atoms with Crippen LogP contribution >= 0.6 is 11.8 Å². The fourth-order valence-corrected chi connectivity index (χ4v) is 1.81. The minimum absolute atomic E-state index is 0.172. The summed E-state index contributed by atoms with van der Waals surface area (Å²) in [5, 5.41) is 14.4. The van der Waals surface area contributed by atoms with E-state index in [0.29, 0.717) is 22.7 Å². The fourth-order valence-electron chi connectivity index (χ4n) is 1.24. The van der Waals surface area contributed by atoms with E-state index in [1.807, 2.05) is 13.8 Å². The fraction of sp³-hybridized carbons (Fsp3) is 0.455. The molecule has 19 heavy (non-hydrogen) atoms. The highest BCUT2D eigenvalue weighted by atomic mass is 32.2. The first kappa shape index (κ1) is 13.6. The Morgan fingerprint density at radius 3 is 2.84 bits per heavy atom. The average Bonchev–Trinajstić information content (AvgIpc) is 2.96. The van der Waals surface area contributed by atoms with Crippen LogP contribution in [0.2, 0.25) is 0 Å². The van der Waals surface area contributed by atoms with E-state index in [-0.39, 0.29) is 17.6 Å². The number of thioether (sulfide) groups is 1. The Kier molecular flexibility index (Phi) is 4.20. The molecule has 7 nitrogen and oxygen atoms in total. The zero-order valence-corrected chi connectivity index (χ0v) is 11.7. The van der Waals surface area contributed by atoms with Crippen molar-refractivity contribution in [1.82, 2.24) is 15.4 Å². The Labute approximate surface area is 114 Å². The maximum absolute atomic E-state index is 11.6. The average molecular weight is 282 g/mol. The number of nitrogens with zero attached hydrogens (tertiary/aromatic N) is 3. The number of aromatic nitrogens is 3. The SMILES string of the molecule is Cc1cc(NC(=O)CSc2nnc(C(C)C)o2)no1. The van der Waals surface area contributed by atoms with Gasteiger partial charge in [-0.05, 0) is 6.92 Å². The van der Waals surface area contributed by atoms with Crippen LogP contribution in [0, 0.1) is 6.92 Å². The largest absolute Gasteiger partial charge is 0.416 e. The molecule has 2 heterocycles. The third-order valence-corrected chi connectivity index (χ3v) is 2.96. The predicted octanol–water partition coefficient (Wildman–Crippen LogP) is 2.22. The molecule has 0 saturated carbocycles. The molecule has 8 heteroatoms. The van der Waals surface area contributed by atoms with Gasteiger partial charge in [-0.3, -0.25) is 4.79 Å². The van der Waals surface area contributed by atoms with Crippen LogP contribution in [0.15, 0.2) is 20.2 Å². The Morgan fingerprint density at radius 2 is 2.26 bits per heavy atom. The van der Waals surface area contributed by atoms with Crippen LogP contribution in [0.25, 0.3) is 0 Å². The van der Waals surface area contributed by atoms with Crippen molar-refractivity contribution in [3.8, 4) is 0 Å². The lowest BCUT2D eigenvalue weighted by atomic mass is 10.2. The predicted molar refractivity (Wildman–Crippen MR) is 69.0 cm³/mol. The second kappa shape index (κ2) is 5.87. The smallest absolute Gasteiger partial charge is 0.277 e. The highest BCUT2D eigenvalue weighted by molar-refractivity contribution is 7.99. The zero-order valence-electron chi connectivity index (χ0n) is 10.8. The van der Waals surface area contributed by atoms with Gasteiger partial charge >= 0.3 is 0 Å². The van der Waals surface area contributed by atoms with Crippen LogP contribution in [0.1, 0.15) is 31.4 Å². The molecule has 2 aromatic rings. The summed E-state index contributed by atoms with van der Waals surface area (Å²) in [7, 11) is 0. The van der Waals surface area contributed by atoms with E-state index in [1.54, 1.807) is 13.0 Å². The van der Waals surface area contributed by atoms with E-state index in [4.69, 9.17) is 8.94 Å². The quantitative estimate of drug-likeness (QED) is 0.840. The van der Waals surface area contributed by atoms with E-state index >= 15 is 0 Å². The highest BCUT2D eigenvalue weighted by Gasteiger charge is 2.12. The van der Waals surface area contributed by atoms with Crippen molar-refractivity contribution in [2.45, 2.75) is 31.9 Å². The minimum Gasteiger partial charge on any atom is -0.416 e. The molecule has 0 aliphatic heterocycles. The number of hydrogen-bond acceptors (Lipinski definition) is 7. The molecule has 2 rings (SSSR count). The van der Waals surface area contributed by atoms with Gasteiger partial charge in [0.1, 0.15) is 5.76 Å². The summed E-state index contributed by atoms with van der Waals surface area (Å²) in [6.45, 7) is 5.67. The van der Waals surface area contributed by atoms with Gasteiger partial charge in [0.15, 0.2) is 5.82 Å². The maximum atomic E-state index is 11.6. The normalized spacial score (nSPS) is 10.9. The van der Waals surface area contributed by atoms with E-state index in [0.717, 1.165) is 0 Å². The Bertz CT molecular complexity index is 564. The molecule has 0 unspecified atom stereocenters. The van der Waals surface area contributed by atoms with Gasteiger partial charge in [0.05, 0.1) is 5.75 Å². The van der Waals surface area contributed by atoms with Crippen molar-refractivity contribution in [2.24, 2.45) is 0 Å². The van der Waals surface area contributed by atoms with Crippen LogP contribution in [0.4, 0.5) is 5.82 Å². The number of aryl methyl sites for hydroxylation is 1. The molecule has 0 aromatic carbocycles. The van der Waals surface area contributed by atoms with E-state index in [9.17, 15) is 4.79 Å². The van der Waals surface area contributed by atoms with E-state index in [2.05, 4.69) is 20.7 Å². The molecule has 0 radical (unpaired) electrons. The van der Waals surface area contributed by atoms with Gasteiger partial charge in [-0.15, -0.1) is 10.2 Å². The van der Waals surface area contributed by atoms with E-state index in [1.165, 1.54) is 11.8 Å². The van der Waals surface area contributed by atoms with Crippen LogP contribution in [-0.2, 0) is 4.79 Å². The lowest BCUT2D eigenvalue weighted by molar-refractivity contribution is -0.113. The lowest BCUT2D eigenvalue weighted by Gasteiger charge is -1.98. The Morgan fingerprint density at radius 1 is 1.47 bits per heavy atom. The minimum atomic E-state index is -0.206. The topological polar surface area (TPSA) is 94.1 Å². The van der Waals surface area contributed by atoms with Crippen LogP contribution in [-0.4, -0.2) is 27.0 Å². The number of anilines is 1. The number of carbonyl (C=O) groups excluding carboxylic acids is 1. The summed E-state index contributed by atoms with van der Waals surface area (Å²) in [4.78, 5) is 11.6. The maximum Gasteiger partial charge on any atom is 0.277 e. The van der Waals surface area contributed by atoms with Crippen molar-refractivity contribution < 1.29 is 13.7 Å². The second-order valence-electron chi connectivity index (χ2n) is 4.22. The summed E-state index contributed by atoms with van der Waals surface area (Å²) < 4.78 is 10.2. The molecule has 0 aliphatic rings. The summed E-state index contributed by atoms with van der Waals surface area (Å²) in [6.07, 6.45) is 0. The number of carbonyl (C=O) groups is 1. The molecule has 0 bridgehead atoms. The third-order valence-electron chi connectivity index (χ3n) is 2.14. The molecule has 0 spiro atoms. The molecule has 0 fully saturated rings. The van der Waals surface area contributed by atoms with Crippen molar-refractivity contribution >= 4 is 23.5 Å². The Balaban J connectivity index is 1.82. The Hall–Kier alpha value is -1.83. The van der Waals surface area contributed by atoms with Crippen LogP contribution in [0.3, 0.4) is 0 Å². The zero-order chi connectivity index (χ0) is 13.8. The molecule has 1 amide bonds. The summed E-state index contributed by atoms with van der Waals surface area (Å²) in [6, 6.07) is 1.64. The summed E-state index contributed by atoms with van der Waals surface area (Å²) >= 11 is 1.18. The van der Waals surface area contributed by atoms with Crippen LogP contribution in [0.5, 0.6) is 0 Å². The lowest BCUT2D eigenvalue weighted by Crippen LogP contribution is -2.14. The highest BCUT2D eigenvalue weighted by Crippen LogP contribution is 2.20. The molecule has 0 atom stereocenters. The standard InChI is InChI=1S/C11H14N4O3S/c1-6(2)10-13-14-11(17-10)19-5-9(16)12-8-4-7(3)18-15-8/h4,6H,5H2,1-3H3,(H,12,15,16). The van der Waals surface area contributed by atoms with Gasteiger partial charge in [-0.25, -0.2) is 0 Å². The molecule has 2 aromatic heterocycles. The molecular weight excluding hydrogens is 268 g/mol. The first-order valence-electron chi connectivity index (χ1n) is 5.74. The molecule has 1 N–H and O–H groups in total. The monoisotopic (exact) mass is 282 g/mol. The van der Waals surface area contributed by atoms with Gasteiger partial charge in [0.25, 0.3) is 5.22 Å². The third kappa shape index (κ3) is 3.82. The van der Waals surface area contributed by atoms with Gasteiger partial charge in [-0.1, -0.05) is 30.8 Å². The van der Waals surface area contributed by atoms with Crippen LogP contribution < -0.4 is 5.32 Å². The number of hydrogen-bond donors (Lipinski definition) is 1. The summed E-state index contributed by atoms with van der Waals surface area (Å²) in [5.41, 5.74) is 0. The molecule has 0 aliphatic carbocycles. The van der Waals surface area contributed by atoms with Crippen molar-refractivity contribution in [2.75, 3.05) is 11.1 Å². The van der Waals surface area contributed by atoms with E-state index < -0.39 is 0 Å². The van der Waals surface area contributed by atoms with Gasteiger partial charge in [0, 0.05) is 12.0 Å². The molecule has 102 valence electrons. The second-order valence-corrected chi connectivity index (χ2v) is 5.15. The van der Waals surface area contributed by atoms with Crippen molar-refractivity contribution in [1.29, 1.82) is 0 Å². The number of amides is 1. The van der Waals surface area contributed by atoms with Gasteiger partial charge < -0.3 is 14.3 Å². The number of nitrogens with one attached hydrogen (secondary N) is 1. The first-order valence-corrected chi connectivity index (χ1v) is 6.72. The van der Waals surface area contributed by atoms with Crippen molar-refractivity contribution in [3.63, 3.8) is 0 Å². The first-order chi connectivity index (χ1) is 9.04. The van der Waals surface area contributed by atoms with Gasteiger partial charge in [-0.2, -0.15) is 0 Å². The molecular formula is C11H14N4O3S.